The van der Waals surface area contributed by atoms with Crippen LogP contribution in [0.15, 0.2) is 46.9 Å². The number of halogens is 2. The van der Waals surface area contributed by atoms with Gasteiger partial charge in [-0.05, 0) is 58.2 Å². The molecular weight excluding hydrogens is 340 g/mol. The lowest BCUT2D eigenvalue weighted by Gasteiger charge is -2.10. The maximum atomic E-state index is 11.8. The molecule has 104 valence electrons. The van der Waals surface area contributed by atoms with Crippen LogP contribution in [0, 0.1) is 6.92 Å². The Morgan fingerprint density at radius 2 is 1.90 bits per heavy atom. The van der Waals surface area contributed by atoms with E-state index in [4.69, 9.17) is 11.6 Å². The quantitative estimate of drug-likeness (QED) is 0.822. The third-order valence-electron chi connectivity index (χ3n) is 2.74. The van der Waals surface area contributed by atoms with Crippen LogP contribution in [0.4, 0.5) is 10.5 Å². The van der Waals surface area contributed by atoms with Crippen LogP contribution in [0.25, 0.3) is 0 Å². The molecular formula is C15H14BrClN2O. The molecule has 0 aliphatic heterocycles. The van der Waals surface area contributed by atoms with Gasteiger partial charge in [-0.25, -0.2) is 4.79 Å². The van der Waals surface area contributed by atoms with Crippen molar-refractivity contribution >= 4 is 39.2 Å². The van der Waals surface area contributed by atoms with Crippen molar-refractivity contribution < 1.29 is 4.79 Å². The summed E-state index contributed by atoms with van der Waals surface area (Å²) in [7, 11) is 0. The van der Waals surface area contributed by atoms with Crippen molar-refractivity contribution in [3.05, 3.63) is 63.1 Å². The molecule has 3 nitrogen and oxygen atoms in total. The number of aryl methyl sites for hydroxylation is 1. The van der Waals surface area contributed by atoms with E-state index < -0.39 is 0 Å². The van der Waals surface area contributed by atoms with Crippen molar-refractivity contribution in [3.8, 4) is 0 Å². The average molecular weight is 354 g/mol. The predicted octanol–water partition coefficient (Wildman–Crippen LogP) is 4.73. The standard InChI is InChI=1S/C15H14BrClN2O/c1-10-2-7-14(13(16)8-10)19-15(20)18-9-11-3-5-12(17)6-4-11/h2-8H,9H2,1H3,(H2,18,19,20). The van der Waals surface area contributed by atoms with Crippen molar-refractivity contribution in [2.24, 2.45) is 0 Å². The first kappa shape index (κ1) is 14.9. The predicted molar refractivity (Wildman–Crippen MR) is 86.2 cm³/mol. The Hall–Kier alpha value is -1.52. The van der Waals surface area contributed by atoms with Crippen LogP contribution >= 0.6 is 27.5 Å². The molecule has 0 fully saturated rings. The van der Waals surface area contributed by atoms with Gasteiger partial charge in [0.15, 0.2) is 0 Å². The molecule has 0 aliphatic rings. The van der Waals surface area contributed by atoms with Gasteiger partial charge in [-0.3, -0.25) is 0 Å². The molecule has 0 heterocycles. The van der Waals surface area contributed by atoms with Crippen LogP contribution in [0.5, 0.6) is 0 Å². The topological polar surface area (TPSA) is 41.1 Å². The highest BCUT2D eigenvalue weighted by Gasteiger charge is 2.05. The zero-order valence-corrected chi connectivity index (χ0v) is 13.3. The largest absolute Gasteiger partial charge is 0.334 e. The molecule has 2 N–H and O–H groups in total. The van der Waals surface area contributed by atoms with Crippen molar-refractivity contribution in [1.29, 1.82) is 0 Å². The first-order chi connectivity index (χ1) is 9.54. The fraction of sp³-hybridized carbons (Fsp3) is 0.133. The number of hydrogen-bond donors (Lipinski definition) is 2. The maximum absolute atomic E-state index is 11.8. The third-order valence-corrected chi connectivity index (χ3v) is 3.65. The minimum atomic E-state index is -0.246. The summed E-state index contributed by atoms with van der Waals surface area (Å²) in [5.74, 6) is 0. The Kier molecular flexibility index (Phi) is 5.04. The van der Waals surface area contributed by atoms with E-state index in [9.17, 15) is 4.79 Å². The zero-order valence-electron chi connectivity index (χ0n) is 10.9. The number of amides is 2. The maximum Gasteiger partial charge on any atom is 0.319 e. The van der Waals surface area contributed by atoms with E-state index in [2.05, 4.69) is 26.6 Å². The second-order valence-corrected chi connectivity index (χ2v) is 5.71. The fourth-order valence-corrected chi connectivity index (χ4v) is 2.39. The average Bonchev–Trinajstić information content (AvgIpc) is 2.41. The molecule has 0 radical (unpaired) electrons. The van der Waals surface area contributed by atoms with Gasteiger partial charge in [0, 0.05) is 16.0 Å². The minimum Gasteiger partial charge on any atom is -0.334 e. The van der Waals surface area contributed by atoms with Gasteiger partial charge in [0.25, 0.3) is 0 Å². The lowest BCUT2D eigenvalue weighted by Crippen LogP contribution is -2.28. The van der Waals surface area contributed by atoms with Gasteiger partial charge in [-0.1, -0.05) is 29.8 Å². The molecule has 0 aromatic heterocycles. The molecule has 0 atom stereocenters. The summed E-state index contributed by atoms with van der Waals surface area (Å²) in [5.41, 5.74) is 2.86. The molecule has 5 heteroatoms. The minimum absolute atomic E-state index is 0.246. The second kappa shape index (κ2) is 6.77. The SMILES string of the molecule is Cc1ccc(NC(=O)NCc2ccc(Cl)cc2)c(Br)c1. The molecule has 0 aliphatic carbocycles. The van der Waals surface area contributed by atoms with E-state index in [0.29, 0.717) is 11.6 Å². The number of hydrogen-bond acceptors (Lipinski definition) is 1. The van der Waals surface area contributed by atoms with Gasteiger partial charge in [0.05, 0.1) is 5.69 Å². The molecule has 0 saturated heterocycles. The Morgan fingerprint density at radius 3 is 2.55 bits per heavy atom. The number of carbonyl (C=O) groups excluding carboxylic acids is 1. The highest BCUT2D eigenvalue weighted by molar-refractivity contribution is 9.10. The van der Waals surface area contributed by atoms with Crippen molar-refractivity contribution in [2.45, 2.75) is 13.5 Å². The van der Waals surface area contributed by atoms with Crippen molar-refractivity contribution in [3.63, 3.8) is 0 Å². The molecule has 0 bridgehead atoms. The van der Waals surface area contributed by atoms with Crippen LogP contribution in [0.3, 0.4) is 0 Å². The summed E-state index contributed by atoms with van der Waals surface area (Å²) in [5, 5.41) is 6.27. The number of carbonyl (C=O) groups is 1. The monoisotopic (exact) mass is 352 g/mol. The first-order valence-corrected chi connectivity index (χ1v) is 7.27. The van der Waals surface area contributed by atoms with Gasteiger partial charge < -0.3 is 10.6 Å². The van der Waals surface area contributed by atoms with Crippen LogP contribution in [0.2, 0.25) is 5.02 Å². The molecule has 0 unspecified atom stereocenters. The Bertz CT molecular complexity index is 614. The molecule has 2 aromatic carbocycles. The summed E-state index contributed by atoms with van der Waals surface area (Å²) in [6, 6.07) is 12.9. The van der Waals surface area contributed by atoms with E-state index >= 15 is 0 Å². The summed E-state index contributed by atoms with van der Waals surface area (Å²) >= 11 is 9.23. The fourth-order valence-electron chi connectivity index (χ4n) is 1.67. The molecule has 0 spiro atoms. The lowest BCUT2D eigenvalue weighted by molar-refractivity contribution is 0.251. The van der Waals surface area contributed by atoms with E-state index in [1.807, 2.05) is 37.3 Å². The Balaban J connectivity index is 1.90. The highest BCUT2D eigenvalue weighted by Crippen LogP contribution is 2.23. The Morgan fingerprint density at radius 1 is 1.20 bits per heavy atom. The number of nitrogens with one attached hydrogen (secondary N) is 2. The lowest BCUT2D eigenvalue weighted by atomic mass is 10.2. The molecule has 2 aromatic rings. The second-order valence-electron chi connectivity index (χ2n) is 4.42. The Labute approximate surface area is 131 Å². The van der Waals surface area contributed by atoms with Gasteiger partial charge in [0.2, 0.25) is 0 Å². The smallest absolute Gasteiger partial charge is 0.319 e. The number of anilines is 1. The molecule has 0 saturated carbocycles. The van der Waals surface area contributed by atoms with Gasteiger partial charge in [-0.15, -0.1) is 0 Å². The summed E-state index contributed by atoms with van der Waals surface area (Å²) in [6.07, 6.45) is 0. The normalized spacial score (nSPS) is 10.2. The third kappa shape index (κ3) is 4.25. The van der Waals surface area contributed by atoms with Crippen molar-refractivity contribution in [2.75, 3.05) is 5.32 Å². The van der Waals surface area contributed by atoms with Crippen LogP contribution in [0.1, 0.15) is 11.1 Å². The number of benzene rings is 2. The molecule has 2 amide bonds. The van der Waals surface area contributed by atoms with E-state index in [0.717, 1.165) is 21.3 Å². The zero-order chi connectivity index (χ0) is 14.5. The van der Waals surface area contributed by atoms with Crippen LogP contribution < -0.4 is 10.6 Å². The summed E-state index contributed by atoms with van der Waals surface area (Å²) < 4.78 is 0.860. The van der Waals surface area contributed by atoms with Crippen LogP contribution in [-0.4, -0.2) is 6.03 Å². The first-order valence-electron chi connectivity index (χ1n) is 6.10. The summed E-state index contributed by atoms with van der Waals surface area (Å²) in [4.78, 5) is 11.8. The van der Waals surface area contributed by atoms with E-state index in [1.165, 1.54) is 0 Å². The number of rotatable bonds is 3. The molecule has 20 heavy (non-hydrogen) atoms. The van der Waals surface area contributed by atoms with Gasteiger partial charge in [-0.2, -0.15) is 0 Å². The summed E-state index contributed by atoms with van der Waals surface area (Å²) in [6.45, 7) is 2.45. The number of urea groups is 1. The van der Waals surface area contributed by atoms with E-state index in [-0.39, 0.29) is 6.03 Å². The van der Waals surface area contributed by atoms with Gasteiger partial charge in [0.1, 0.15) is 0 Å². The van der Waals surface area contributed by atoms with Crippen molar-refractivity contribution in [1.82, 2.24) is 5.32 Å². The van der Waals surface area contributed by atoms with Crippen LogP contribution in [-0.2, 0) is 6.54 Å². The van der Waals surface area contributed by atoms with Gasteiger partial charge >= 0.3 is 6.03 Å². The highest BCUT2D eigenvalue weighted by atomic mass is 79.9. The molecule has 2 rings (SSSR count). The van der Waals surface area contributed by atoms with E-state index in [1.54, 1.807) is 12.1 Å².